The number of anilines is 1. The second kappa shape index (κ2) is 7.34. The number of carbonyl (C=O) groups excluding carboxylic acids is 1. The van der Waals surface area contributed by atoms with Crippen LogP contribution in [0.4, 0.5) is 10.1 Å². The molecule has 24 heavy (non-hydrogen) atoms. The summed E-state index contributed by atoms with van der Waals surface area (Å²) in [7, 11) is 1.65. The van der Waals surface area contributed by atoms with E-state index in [4.69, 9.17) is 4.74 Å². The van der Waals surface area contributed by atoms with Crippen molar-refractivity contribution in [2.24, 2.45) is 5.92 Å². The number of rotatable bonds is 5. The number of benzene rings is 2. The van der Waals surface area contributed by atoms with Gasteiger partial charge < -0.3 is 15.0 Å². The lowest BCUT2D eigenvalue weighted by Gasteiger charge is -2.19. The number of hydrogen-bond acceptors (Lipinski definition) is 3. The highest BCUT2D eigenvalue weighted by atomic mass is 19.1. The molecule has 3 rings (SSSR count). The minimum absolute atomic E-state index is 0.0995. The Morgan fingerprint density at radius 1 is 1.25 bits per heavy atom. The van der Waals surface area contributed by atoms with Gasteiger partial charge >= 0.3 is 0 Å². The molecule has 1 amide bonds. The van der Waals surface area contributed by atoms with Crippen molar-refractivity contribution in [3.8, 4) is 5.75 Å². The van der Waals surface area contributed by atoms with Crippen LogP contribution in [0.1, 0.15) is 16.8 Å². The molecule has 1 N–H and O–H groups in total. The van der Waals surface area contributed by atoms with Crippen LogP contribution in [0.3, 0.4) is 0 Å². The minimum Gasteiger partial charge on any atom is -0.497 e. The van der Waals surface area contributed by atoms with E-state index in [-0.39, 0.29) is 11.5 Å². The lowest BCUT2D eigenvalue weighted by atomic mass is 10.1. The van der Waals surface area contributed by atoms with E-state index < -0.39 is 5.82 Å². The lowest BCUT2D eigenvalue weighted by molar-refractivity contribution is 0.0944. The zero-order valence-electron chi connectivity index (χ0n) is 13.7. The van der Waals surface area contributed by atoms with Gasteiger partial charge in [-0.15, -0.1) is 0 Å². The molecule has 2 aromatic rings. The molecule has 0 saturated carbocycles. The number of methoxy groups -OCH3 is 1. The first kappa shape index (κ1) is 16.3. The lowest BCUT2D eigenvalue weighted by Crippen LogP contribution is -2.31. The normalized spacial score (nSPS) is 16.9. The van der Waals surface area contributed by atoms with E-state index in [9.17, 15) is 9.18 Å². The largest absolute Gasteiger partial charge is 0.497 e. The molecule has 1 aliphatic rings. The molecule has 1 unspecified atom stereocenters. The van der Waals surface area contributed by atoms with Crippen LogP contribution in [-0.2, 0) is 0 Å². The molecule has 0 aromatic heterocycles. The van der Waals surface area contributed by atoms with Crippen molar-refractivity contribution in [1.29, 1.82) is 0 Å². The first-order valence-electron chi connectivity index (χ1n) is 8.09. The average Bonchev–Trinajstić information content (AvgIpc) is 3.09. The van der Waals surface area contributed by atoms with E-state index in [1.165, 1.54) is 12.1 Å². The standard InChI is InChI=1S/C19H21FN2O2/c1-24-16-8-6-15(7-9-16)22-11-10-14(13-22)12-21-19(23)17-4-2-3-5-18(17)20/h2-9,14H,10-13H2,1H3,(H,21,23). The van der Waals surface area contributed by atoms with Gasteiger partial charge in [-0.25, -0.2) is 4.39 Å². The summed E-state index contributed by atoms with van der Waals surface area (Å²) in [5, 5.41) is 2.85. The van der Waals surface area contributed by atoms with Crippen molar-refractivity contribution < 1.29 is 13.9 Å². The Morgan fingerprint density at radius 3 is 2.71 bits per heavy atom. The molecule has 1 saturated heterocycles. The van der Waals surface area contributed by atoms with Crippen LogP contribution in [0.25, 0.3) is 0 Å². The highest BCUT2D eigenvalue weighted by Crippen LogP contribution is 2.25. The third kappa shape index (κ3) is 3.67. The summed E-state index contributed by atoms with van der Waals surface area (Å²) < 4.78 is 18.8. The molecular weight excluding hydrogens is 307 g/mol. The highest BCUT2D eigenvalue weighted by Gasteiger charge is 2.23. The van der Waals surface area contributed by atoms with Crippen LogP contribution in [-0.4, -0.2) is 32.7 Å². The van der Waals surface area contributed by atoms with Crippen molar-refractivity contribution in [3.05, 3.63) is 59.9 Å². The second-order valence-corrected chi connectivity index (χ2v) is 5.99. The van der Waals surface area contributed by atoms with Crippen molar-refractivity contribution >= 4 is 11.6 Å². The summed E-state index contributed by atoms with van der Waals surface area (Å²) in [5.74, 6) is 0.367. The van der Waals surface area contributed by atoms with Gasteiger partial charge in [-0.2, -0.15) is 0 Å². The van der Waals surface area contributed by atoms with Gasteiger partial charge in [-0.1, -0.05) is 12.1 Å². The fourth-order valence-electron chi connectivity index (χ4n) is 3.00. The fraction of sp³-hybridized carbons (Fsp3) is 0.316. The molecule has 2 aromatic carbocycles. The molecule has 4 nitrogen and oxygen atoms in total. The van der Waals surface area contributed by atoms with Gasteiger partial charge in [0.25, 0.3) is 5.91 Å². The Labute approximate surface area is 141 Å². The van der Waals surface area contributed by atoms with Gasteiger partial charge in [-0.05, 0) is 48.7 Å². The van der Waals surface area contributed by atoms with Gasteiger partial charge in [0.1, 0.15) is 11.6 Å². The van der Waals surface area contributed by atoms with Crippen LogP contribution in [0.5, 0.6) is 5.75 Å². The summed E-state index contributed by atoms with van der Waals surface area (Å²) in [5.41, 5.74) is 1.25. The number of ether oxygens (including phenoxy) is 1. The number of carbonyl (C=O) groups is 1. The molecular formula is C19H21FN2O2. The topological polar surface area (TPSA) is 41.6 Å². The Hall–Kier alpha value is -2.56. The Kier molecular flexibility index (Phi) is 4.99. The SMILES string of the molecule is COc1ccc(N2CCC(CNC(=O)c3ccccc3F)C2)cc1. The molecule has 1 aliphatic heterocycles. The Morgan fingerprint density at radius 2 is 2.00 bits per heavy atom. The maximum absolute atomic E-state index is 13.6. The molecule has 5 heteroatoms. The summed E-state index contributed by atoms with van der Waals surface area (Å²) in [6.45, 7) is 2.39. The van der Waals surface area contributed by atoms with Crippen LogP contribution in [0.2, 0.25) is 0 Å². The Balaban J connectivity index is 1.52. The van der Waals surface area contributed by atoms with Gasteiger partial charge in [0.15, 0.2) is 0 Å². The smallest absolute Gasteiger partial charge is 0.254 e. The third-order valence-corrected chi connectivity index (χ3v) is 4.39. The number of nitrogens with one attached hydrogen (secondary N) is 1. The quantitative estimate of drug-likeness (QED) is 0.917. The monoisotopic (exact) mass is 328 g/mol. The summed E-state index contributed by atoms with van der Waals surface area (Å²) in [6, 6.07) is 14.0. The highest BCUT2D eigenvalue weighted by molar-refractivity contribution is 5.94. The van der Waals surface area contributed by atoms with Gasteiger partial charge in [0.05, 0.1) is 12.7 Å². The van der Waals surface area contributed by atoms with E-state index in [1.54, 1.807) is 19.2 Å². The summed E-state index contributed by atoms with van der Waals surface area (Å²) in [6.07, 6.45) is 1.00. The maximum atomic E-state index is 13.6. The van der Waals surface area contributed by atoms with Gasteiger partial charge in [0, 0.05) is 25.3 Å². The van der Waals surface area contributed by atoms with Crippen molar-refractivity contribution in [2.75, 3.05) is 31.6 Å². The van der Waals surface area contributed by atoms with Gasteiger partial charge in [-0.3, -0.25) is 4.79 Å². The fourth-order valence-corrected chi connectivity index (χ4v) is 3.00. The third-order valence-electron chi connectivity index (χ3n) is 4.39. The predicted octanol–water partition coefficient (Wildman–Crippen LogP) is 3.09. The number of amides is 1. The molecule has 1 atom stereocenters. The Bertz CT molecular complexity index is 703. The maximum Gasteiger partial charge on any atom is 0.254 e. The molecule has 0 radical (unpaired) electrons. The van der Waals surface area contributed by atoms with E-state index in [0.717, 1.165) is 30.9 Å². The van der Waals surface area contributed by atoms with Crippen molar-refractivity contribution in [1.82, 2.24) is 5.32 Å². The van der Waals surface area contributed by atoms with Crippen LogP contribution >= 0.6 is 0 Å². The first-order valence-corrected chi connectivity index (χ1v) is 8.09. The number of hydrogen-bond donors (Lipinski definition) is 1. The van der Waals surface area contributed by atoms with E-state index in [1.807, 2.05) is 24.3 Å². The molecule has 1 heterocycles. The van der Waals surface area contributed by atoms with E-state index in [2.05, 4.69) is 10.2 Å². The average molecular weight is 328 g/mol. The van der Waals surface area contributed by atoms with Crippen LogP contribution in [0.15, 0.2) is 48.5 Å². The summed E-state index contributed by atoms with van der Waals surface area (Å²) in [4.78, 5) is 14.4. The minimum atomic E-state index is -0.485. The number of nitrogens with zero attached hydrogens (tertiary/aromatic N) is 1. The van der Waals surface area contributed by atoms with Crippen LogP contribution in [0, 0.1) is 11.7 Å². The van der Waals surface area contributed by atoms with Crippen molar-refractivity contribution in [2.45, 2.75) is 6.42 Å². The zero-order valence-corrected chi connectivity index (χ0v) is 13.7. The molecule has 0 aliphatic carbocycles. The summed E-state index contributed by atoms with van der Waals surface area (Å²) >= 11 is 0. The van der Waals surface area contributed by atoms with E-state index >= 15 is 0 Å². The number of halogens is 1. The van der Waals surface area contributed by atoms with Crippen LogP contribution < -0.4 is 15.0 Å². The zero-order chi connectivity index (χ0) is 16.9. The second-order valence-electron chi connectivity index (χ2n) is 5.99. The molecule has 0 bridgehead atoms. The van der Waals surface area contributed by atoms with E-state index in [0.29, 0.717) is 12.5 Å². The molecule has 126 valence electrons. The predicted molar refractivity (Wildman–Crippen MR) is 92.0 cm³/mol. The first-order chi connectivity index (χ1) is 11.7. The van der Waals surface area contributed by atoms with Crippen molar-refractivity contribution in [3.63, 3.8) is 0 Å². The van der Waals surface area contributed by atoms with Gasteiger partial charge in [0.2, 0.25) is 0 Å². The molecule has 1 fully saturated rings. The molecule has 0 spiro atoms.